The summed E-state index contributed by atoms with van der Waals surface area (Å²) in [6.07, 6.45) is 1.54. The fourth-order valence-electron chi connectivity index (χ4n) is 1.56. The van der Waals surface area contributed by atoms with Crippen molar-refractivity contribution >= 4 is 27.3 Å². The molecular weight excluding hydrogens is 332 g/mol. The third-order valence-electron chi connectivity index (χ3n) is 3.02. The van der Waals surface area contributed by atoms with E-state index in [9.17, 15) is 18.5 Å². The van der Waals surface area contributed by atoms with Crippen LogP contribution in [0.4, 0.5) is 5.69 Å². The maximum atomic E-state index is 12.1. The van der Waals surface area contributed by atoms with Crippen LogP contribution in [0.3, 0.4) is 0 Å². The first kappa shape index (κ1) is 18.8. The van der Waals surface area contributed by atoms with Crippen LogP contribution in [0.15, 0.2) is 23.1 Å². The summed E-state index contributed by atoms with van der Waals surface area (Å²) in [7, 11) is -3.81. The highest BCUT2D eigenvalue weighted by Crippen LogP contribution is 2.26. The summed E-state index contributed by atoms with van der Waals surface area (Å²) < 4.78 is 31.9. The van der Waals surface area contributed by atoms with E-state index in [0.717, 1.165) is 12.5 Å². The first-order valence-corrected chi connectivity index (χ1v) is 8.69. The third kappa shape index (κ3) is 5.53. The van der Waals surface area contributed by atoms with Crippen LogP contribution in [0.25, 0.3) is 0 Å². The molecule has 1 N–H and O–H groups in total. The second kappa shape index (κ2) is 8.42. The van der Waals surface area contributed by atoms with Gasteiger partial charge in [-0.3, -0.25) is 10.1 Å². The lowest BCUT2D eigenvalue weighted by atomic mass is 10.3. The van der Waals surface area contributed by atoms with Crippen LogP contribution in [0.1, 0.15) is 26.7 Å². The maximum absolute atomic E-state index is 12.1. The van der Waals surface area contributed by atoms with Crippen molar-refractivity contribution in [1.29, 1.82) is 0 Å². The van der Waals surface area contributed by atoms with Crippen molar-refractivity contribution in [2.75, 3.05) is 13.2 Å². The minimum atomic E-state index is -3.81. The summed E-state index contributed by atoms with van der Waals surface area (Å²) >= 11 is 5.66. The number of sulfonamides is 1. The van der Waals surface area contributed by atoms with E-state index in [2.05, 4.69) is 4.72 Å². The van der Waals surface area contributed by atoms with Gasteiger partial charge in [-0.1, -0.05) is 18.5 Å². The summed E-state index contributed by atoms with van der Waals surface area (Å²) in [5.41, 5.74) is -0.440. The molecule has 0 aliphatic rings. The zero-order chi connectivity index (χ0) is 16.8. The van der Waals surface area contributed by atoms with Crippen molar-refractivity contribution in [2.45, 2.75) is 37.7 Å². The highest BCUT2D eigenvalue weighted by molar-refractivity contribution is 7.89. The summed E-state index contributed by atoms with van der Waals surface area (Å²) in [4.78, 5) is 9.87. The molecule has 0 saturated heterocycles. The lowest BCUT2D eigenvalue weighted by molar-refractivity contribution is -0.384. The van der Waals surface area contributed by atoms with E-state index in [1.54, 1.807) is 0 Å². The molecule has 0 radical (unpaired) electrons. The predicted octanol–water partition coefficient (Wildman–Crippen LogP) is 2.73. The molecule has 0 spiro atoms. The maximum Gasteiger partial charge on any atom is 0.289 e. The highest BCUT2D eigenvalue weighted by atomic mass is 35.5. The average Bonchev–Trinajstić information content (AvgIpc) is 2.46. The second-order valence-corrected chi connectivity index (χ2v) is 6.89. The van der Waals surface area contributed by atoms with E-state index >= 15 is 0 Å². The Bertz CT molecular complexity index is 621. The standard InChI is InChI=1S/C13H19ClN2O5S/c1-3-10(2)21-8-4-7-15-22(19,20)11-5-6-12(14)13(9-11)16(17)18/h5-6,9-10,15H,3-4,7-8H2,1-2H3. The van der Waals surface area contributed by atoms with Gasteiger partial charge in [0, 0.05) is 19.2 Å². The number of rotatable bonds is 9. The van der Waals surface area contributed by atoms with Gasteiger partial charge in [0.25, 0.3) is 5.69 Å². The summed E-state index contributed by atoms with van der Waals surface area (Å²) in [5, 5.41) is 10.7. The molecule has 0 aliphatic carbocycles. The highest BCUT2D eigenvalue weighted by Gasteiger charge is 2.20. The molecule has 0 aromatic heterocycles. The fourth-order valence-corrected chi connectivity index (χ4v) is 2.84. The Morgan fingerprint density at radius 1 is 1.45 bits per heavy atom. The number of nitrogens with zero attached hydrogens (tertiary/aromatic N) is 1. The van der Waals surface area contributed by atoms with E-state index in [0.29, 0.717) is 13.0 Å². The van der Waals surface area contributed by atoms with Gasteiger partial charge >= 0.3 is 0 Å². The Kier molecular flexibility index (Phi) is 7.21. The molecule has 1 atom stereocenters. The molecule has 1 aromatic carbocycles. The van der Waals surface area contributed by atoms with Gasteiger partial charge in [0.15, 0.2) is 0 Å². The zero-order valence-corrected chi connectivity index (χ0v) is 14.0. The number of ether oxygens (including phenoxy) is 1. The normalized spacial score (nSPS) is 13.0. The van der Waals surface area contributed by atoms with E-state index in [1.165, 1.54) is 12.1 Å². The first-order valence-electron chi connectivity index (χ1n) is 6.83. The molecule has 0 fully saturated rings. The lowest BCUT2D eigenvalue weighted by Crippen LogP contribution is -2.26. The van der Waals surface area contributed by atoms with Gasteiger partial charge < -0.3 is 4.74 Å². The summed E-state index contributed by atoms with van der Waals surface area (Å²) in [5.74, 6) is 0. The summed E-state index contributed by atoms with van der Waals surface area (Å²) in [6, 6.07) is 3.37. The van der Waals surface area contributed by atoms with Gasteiger partial charge in [-0.2, -0.15) is 0 Å². The molecule has 22 heavy (non-hydrogen) atoms. The SMILES string of the molecule is CCC(C)OCCCNS(=O)(=O)c1ccc(Cl)c([N+](=O)[O-])c1. The molecule has 0 aliphatic heterocycles. The zero-order valence-electron chi connectivity index (χ0n) is 12.4. The van der Waals surface area contributed by atoms with E-state index in [1.807, 2.05) is 13.8 Å². The van der Waals surface area contributed by atoms with E-state index in [4.69, 9.17) is 16.3 Å². The van der Waals surface area contributed by atoms with Gasteiger partial charge in [-0.15, -0.1) is 0 Å². The Hall–Kier alpha value is -1.22. The third-order valence-corrected chi connectivity index (χ3v) is 4.79. The van der Waals surface area contributed by atoms with Crippen LogP contribution in [-0.4, -0.2) is 32.6 Å². The van der Waals surface area contributed by atoms with Gasteiger partial charge in [-0.05, 0) is 31.9 Å². The molecule has 1 rings (SSSR count). The van der Waals surface area contributed by atoms with Gasteiger partial charge in [0.1, 0.15) is 5.02 Å². The van der Waals surface area contributed by atoms with Crippen LogP contribution in [0, 0.1) is 10.1 Å². The Morgan fingerprint density at radius 2 is 2.14 bits per heavy atom. The molecule has 0 heterocycles. The van der Waals surface area contributed by atoms with E-state index < -0.39 is 20.6 Å². The quantitative estimate of drug-likeness (QED) is 0.419. The number of nitro groups is 1. The van der Waals surface area contributed by atoms with Crippen molar-refractivity contribution in [2.24, 2.45) is 0 Å². The van der Waals surface area contributed by atoms with Gasteiger partial charge in [0.05, 0.1) is 15.9 Å². The number of nitrogens with one attached hydrogen (secondary N) is 1. The van der Waals surface area contributed by atoms with Crippen molar-refractivity contribution in [1.82, 2.24) is 4.72 Å². The number of benzene rings is 1. The number of halogens is 1. The first-order chi connectivity index (χ1) is 10.3. The molecule has 9 heteroatoms. The molecule has 0 bridgehead atoms. The Morgan fingerprint density at radius 3 is 2.73 bits per heavy atom. The van der Waals surface area contributed by atoms with Crippen molar-refractivity contribution in [3.05, 3.63) is 33.3 Å². The minimum Gasteiger partial charge on any atom is -0.378 e. The van der Waals surface area contributed by atoms with Crippen LogP contribution < -0.4 is 4.72 Å². The van der Waals surface area contributed by atoms with Crippen LogP contribution in [0.5, 0.6) is 0 Å². The molecule has 124 valence electrons. The Labute approximate surface area is 134 Å². The number of hydrogen-bond donors (Lipinski definition) is 1. The number of hydrogen-bond acceptors (Lipinski definition) is 5. The van der Waals surface area contributed by atoms with Crippen molar-refractivity contribution in [3.8, 4) is 0 Å². The number of nitro benzene ring substituents is 1. The monoisotopic (exact) mass is 350 g/mol. The van der Waals surface area contributed by atoms with Crippen LogP contribution in [0.2, 0.25) is 5.02 Å². The molecular formula is C13H19ClN2O5S. The molecule has 1 unspecified atom stereocenters. The van der Waals surface area contributed by atoms with Crippen molar-refractivity contribution in [3.63, 3.8) is 0 Å². The minimum absolute atomic E-state index is 0.106. The van der Waals surface area contributed by atoms with Gasteiger partial charge in [0.2, 0.25) is 10.0 Å². The average molecular weight is 351 g/mol. The molecule has 0 amide bonds. The second-order valence-electron chi connectivity index (χ2n) is 4.71. The van der Waals surface area contributed by atoms with Gasteiger partial charge in [-0.25, -0.2) is 13.1 Å². The Balaban J connectivity index is 2.63. The molecule has 7 nitrogen and oxygen atoms in total. The predicted molar refractivity (Wildman–Crippen MR) is 83.6 cm³/mol. The van der Waals surface area contributed by atoms with E-state index in [-0.39, 0.29) is 22.6 Å². The fraction of sp³-hybridized carbons (Fsp3) is 0.538. The lowest BCUT2D eigenvalue weighted by Gasteiger charge is -2.11. The topological polar surface area (TPSA) is 98.5 Å². The smallest absolute Gasteiger partial charge is 0.289 e. The largest absolute Gasteiger partial charge is 0.378 e. The molecule has 0 saturated carbocycles. The van der Waals surface area contributed by atoms with Crippen molar-refractivity contribution < 1.29 is 18.1 Å². The summed E-state index contributed by atoms with van der Waals surface area (Å²) in [6.45, 7) is 4.57. The van der Waals surface area contributed by atoms with Crippen LogP contribution >= 0.6 is 11.6 Å². The van der Waals surface area contributed by atoms with Crippen LogP contribution in [-0.2, 0) is 14.8 Å². The molecule has 1 aromatic rings.